The molecule has 3 N–H and O–H groups in total. The summed E-state index contributed by atoms with van der Waals surface area (Å²) in [6.45, 7) is 5.08. The lowest BCUT2D eigenvalue weighted by molar-refractivity contribution is -0.115. The predicted molar refractivity (Wildman–Crippen MR) is 87.5 cm³/mol. The number of imidazole rings is 1. The number of nitrogens with zero attached hydrogens (tertiary/aromatic N) is 2. The Kier molecular flexibility index (Phi) is 6.24. The first-order chi connectivity index (χ1) is 9.54. The van der Waals surface area contributed by atoms with E-state index in [0.29, 0.717) is 24.0 Å². The van der Waals surface area contributed by atoms with Crippen molar-refractivity contribution >= 4 is 29.9 Å². The molecule has 1 amide bonds. The van der Waals surface area contributed by atoms with E-state index in [9.17, 15) is 4.79 Å². The molecule has 0 aliphatic carbocycles. The fourth-order valence-electron chi connectivity index (χ4n) is 1.96. The van der Waals surface area contributed by atoms with E-state index in [1.54, 1.807) is 18.3 Å². The zero-order valence-corrected chi connectivity index (χ0v) is 13.1. The molecule has 1 heterocycles. The Bertz CT molecular complexity index is 578. The Balaban J connectivity index is 0.00000220. The van der Waals surface area contributed by atoms with E-state index in [2.05, 4.69) is 24.1 Å². The maximum atomic E-state index is 12.0. The zero-order chi connectivity index (χ0) is 14.5. The van der Waals surface area contributed by atoms with E-state index in [1.165, 1.54) is 0 Å². The Morgan fingerprint density at radius 2 is 2.00 bits per heavy atom. The van der Waals surface area contributed by atoms with Crippen molar-refractivity contribution < 1.29 is 4.79 Å². The molecule has 0 atom stereocenters. The SMILES string of the molecule is CC(C)Cn1ccnc1NC(=O)Cc1ccc(N)cc1.Cl. The summed E-state index contributed by atoms with van der Waals surface area (Å²) in [4.78, 5) is 16.2. The van der Waals surface area contributed by atoms with Gasteiger partial charge in [-0.25, -0.2) is 4.98 Å². The van der Waals surface area contributed by atoms with Crippen LogP contribution in [0.5, 0.6) is 0 Å². The van der Waals surface area contributed by atoms with Crippen molar-refractivity contribution in [3.63, 3.8) is 0 Å². The minimum Gasteiger partial charge on any atom is -0.399 e. The normalized spacial score (nSPS) is 10.2. The van der Waals surface area contributed by atoms with Crippen LogP contribution in [0.1, 0.15) is 19.4 Å². The molecule has 2 rings (SSSR count). The second kappa shape index (κ2) is 7.69. The molecule has 0 fully saturated rings. The molecule has 0 aliphatic rings. The van der Waals surface area contributed by atoms with E-state index in [1.807, 2.05) is 22.9 Å². The van der Waals surface area contributed by atoms with Crippen LogP contribution in [0.25, 0.3) is 0 Å². The first kappa shape index (κ1) is 17.0. The van der Waals surface area contributed by atoms with E-state index < -0.39 is 0 Å². The molecule has 2 aromatic rings. The highest BCUT2D eigenvalue weighted by atomic mass is 35.5. The van der Waals surface area contributed by atoms with Crippen molar-refractivity contribution in [2.24, 2.45) is 5.92 Å². The zero-order valence-electron chi connectivity index (χ0n) is 12.2. The average Bonchev–Trinajstić information content (AvgIpc) is 2.78. The number of nitrogen functional groups attached to an aromatic ring is 1. The molecular formula is C15H21ClN4O. The van der Waals surface area contributed by atoms with Gasteiger partial charge in [0.2, 0.25) is 11.9 Å². The summed E-state index contributed by atoms with van der Waals surface area (Å²) in [6.07, 6.45) is 3.88. The van der Waals surface area contributed by atoms with Crippen LogP contribution in [0.15, 0.2) is 36.7 Å². The van der Waals surface area contributed by atoms with Crippen LogP contribution in [0, 0.1) is 5.92 Å². The van der Waals surface area contributed by atoms with Gasteiger partial charge in [0.1, 0.15) is 0 Å². The second-order valence-corrected chi connectivity index (χ2v) is 5.26. The Morgan fingerprint density at radius 3 is 2.62 bits per heavy atom. The maximum Gasteiger partial charge on any atom is 0.231 e. The molecule has 114 valence electrons. The molecule has 6 heteroatoms. The van der Waals surface area contributed by atoms with Crippen LogP contribution in [0.4, 0.5) is 11.6 Å². The van der Waals surface area contributed by atoms with Gasteiger partial charge in [-0.3, -0.25) is 10.1 Å². The molecule has 0 unspecified atom stereocenters. The first-order valence-corrected chi connectivity index (χ1v) is 6.70. The van der Waals surface area contributed by atoms with Crippen LogP contribution >= 0.6 is 12.4 Å². The highest BCUT2D eigenvalue weighted by molar-refractivity contribution is 5.90. The van der Waals surface area contributed by atoms with Gasteiger partial charge in [0.05, 0.1) is 6.42 Å². The Hall–Kier alpha value is -2.01. The summed E-state index contributed by atoms with van der Waals surface area (Å²) in [5.74, 6) is 1.02. The number of carbonyl (C=O) groups excluding carboxylic acids is 1. The average molecular weight is 309 g/mol. The highest BCUT2D eigenvalue weighted by Crippen LogP contribution is 2.10. The van der Waals surface area contributed by atoms with Gasteiger partial charge in [-0.2, -0.15) is 0 Å². The van der Waals surface area contributed by atoms with Crippen LogP contribution < -0.4 is 11.1 Å². The van der Waals surface area contributed by atoms with Gasteiger partial charge in [-0.15, -0.1) is 12.4 Å². The molecule has 0 spiro atoms. The molecule has 0 saturated carbocycles. The fraction of sp³-hybridized carbons (Fsp3) is 0.333. The molecule has 0 saturated heterocycles. The van der Waals surface area contributed by atoms with Gasteiger partial charge in [-0.1, -0.05) is 26.0 Å². The Morgan fingerprint density at radius 1 is 1.33 bits per heavy atom. The molecule has 1 aromatic heterocycles. The standard InChI is InChI=1S/C15H20N4O.ClH/c1-11(2)10-19-8-7-17-15(19)18-14(20)9-12-3-5-13(16)6-4-12;/h3-8,11H,9-10,16H2,1-2H3,(H,17,18,20);1H. The summed E-state index contributed by atoms with van der Waals surface area (Å²) >= 11 is 0. The number of carbonyl (C=O) groups is 1. The number of nitrogens with two attached hydrogens (primary N) is 1. The summed E-state index contributed by atoms with van der Waals surface area (Å²) in [6, 6.07) is 7.30. The van der Waals surface area contributed by atoms with Crippen LogP contribution in [-0.4, -0.2) is 15.5 Å². The first-order valence-electron chi connectivity index (χ1n) is 6.70. The van der Waals surface area contributed by atoms with Crippen molar-refractivity contribution in [3.8, 4) is 0 Å². The number of nitrogens with one attached hydrogen (secondary N) is 1. The Labute approximate surface area is 131 Å². The lowest BCUT2D eigenvalue weighted by atomic mass is 10.1. The van der Waals surface area contributed by atoms with Crippen molar-refractivity contribution in [1.82, 2.24) is 9.55 Å². The van der Waals surface area contributed by atoms with E-state index in [4.69, 9.17) is 5.73 Å². The smallest absolute Gasteiger partial charge is 0.231 e. The summed E-state index contributed by atoms with van der Waals surface area (Å²) in [5.41, 5.74) is 7.24. The molecular weight excluding hydrogens is 288 g/mol. The number of aromatic nitrogens is 2. The van der Waals surface area contributed by atoms with Gasteiger partial charge in [0.25, 0.3) is 0 Å². The maximum absolute atomic E-state index is 12.0. The monoisotopic (exact) mass is 308 g/mol. The van der Waals surface area contributed by atoms with E-state index in [-0.39, 0.29) is 18.3 Å². The highest BCUT2D eigenvalue weighted by Gasteiger charge is 2.09. The molecule has 21 heavy (non-hydrogen) atoms. The third-order valence-corrected chi connectivity index (χ3v) is 2.87. The van der Waals surface area contributed by atoms with Crippen molar-refractivity contribution in [1.29, 1.82) is 0 Å². The number of hydrogen-bond donors (Lipinski definition) is 2. The van der Waals surface area contributed by atoms with Crippen LogP contribution in [0.2, 0.25) is 0 Å². The number of amides is 1. The largest absolute Gasteiger partial charge is 0.399 e. The van der Waals surface area contributed by atoms with Gasteiger partial charge in [0, 0.05) is 24.6 Å². The third-order valence-electron chi connectivity index (χ3n) is 2.87. The van der Waals surface area contributed by atoms with Gasteiger partial charge in [0.15, 0.2) is 0 Å². The number of anilines is 2. The second-order valence-electron chi connectivity index (χ2n) is 5.26. The van der Waals surface area contributed by atoms with Crippen molar-refractivity contribution in [2.75, 3.05) is 11.1 Å². The van der Waals surface area contributed by atoms with Crippen molar-refractivity contribution in [2.45, 2.75) is 26.8 Å². The molecule has 0 bridgehead atoms. The number of hydrogen-bond acceptors (Lipinski definition) is 3. The molecule has 1 aromatic carbocycles. The topological polar surface area (TPSA) is 72.9 Å². The molecule has 5 nitrogen and oxygen atoms in total. The number of rotatable bonds is 5. The van der Waals surface area contributed by atoms with E-state index in [0.717, 1.165) is 12.1 Å². The number of benzene rings is 1. The van der Waals surface area contributed by atoms with Gasteiger partial charge in [-0.05, 0) is 23.6 Å². The van der Waals surface area contributed by atoms with Crippen molar-refractivity contribution in [3.05, 3.63) is 42.2 Å². The fourth-order valence-corrected chi connectivity index (χ4v) is 1.96. The lowest BCUT2D eigenvalue weighted by Crippen LogP contribution is -2.18. The molecule has 0 radical (unpaired) electrons. The summed E-state index contributed by atoms with van der Waals surface area (Å²) in [7, 11) is 0. The molecule has 0 aliphatic heterocycles. The lowest BCUT2D eigenvalue weighted by Gasteiger charge is -2.11. The van der Waals surface area contributed by atoms with Crippen LogP contribution in [-0.2, 0) is 17.8 Å². The minimum atomic E-state index is -0.0778. The third kappa shape index (κ3) is 5.11. The van der Waals surface area contributed by atoms with Crippen LogP contribution in [0.3, 0.4) is 0 Å². The number of halogens is 1. The minimum absolute atomic E-state index is 0. The quantitative estimate of drug-likeness (QED) is 0.834. The van der Waals surface area contributed by atoms with Gasteiger partial charge >= 0.3 is 0 Å². The van der Waals surface area contributed by atoms with Gasteiger partial charge < -0.3 is 10.3 Å². The predicted octanol–water partition coefficient (Wildman–Crippen LogP) is 2.72. The van der Waals surface area contributed by atoms with E-state index >= 15 is 0 Å². The summed E-state index contributed by atoms with van der Waals surface area (Å²) < 4.78 is 1.95. The summed E-state index contributed by atoms with van der Waals surface area (Å²) in [5, 5.41) is 2.84.